The quantitative estimate of drug-likeness (QED) is 0.104. The minimum Gasteiger partial charge on any atom is -0.398 e. The van der Waals surface area contributed by atoms with Gasteiger partial charge in [0.15, 0.2) is 0 Å². The molecule has 0 radical (unpaired) electrons. The van der Waals surface area contributed by atoms with Crippen LogP contribution in [0.4, 0.5) is 17.1 Å². The van der Waals surface area contributed by atoms with Crippen LogP contribution >= 0.6 is 0 Å². The van der Waals surface area contributed by atoms with Gasteiger partial charge in [-0.1, -0.05) is 43.3 Å². The van der Waals surface area contributed by atoms with Crippen LogP contribution in [0.2, 0.25) is 0 Å². The van der Waals surface area contributed by atoms with E-state index >= 15 is 0 Å². The molecule has 0 heterocycles. The fourth-order valence-electron chi connectivity index (χ4n) is 4.93. The molecule has 3 amide bonds. The van der Waals surface area contributed by atoms with Crippen LogP contribution in [0.25, 0.3) is 0 Å². The van der Waals surface area contributed by atoms with E-state index in [1.165, 1.54) is 0 Å². The first-order chi connectivity index (χ1) is 22.9. The molecule has 0 saturated carbocycles. The van der Waals surface area contributed by atoms with Crippen molar-refractivity contribution in [2.75, 3.05) is 56.8 Å². The third-order valence-corrected chi connectivity index (χ3v) is 7.83. The van der Waals surface area contributed by atoms with Gasteiger partial charge in [0.2, 0.25) is 0 Å². The Kier molecular flexibility index (Phi) is 14.7. The Bertz CT molecular complexity index is 1330. The number of para-hydroxylation sites is 3. The van der Waals surface area contributed by atoms with Gasteiger partial charge in [-0.2, -0.15) is 0 Å². The number of rotatable bonds is 19. The lowest BCUT2D eigenvalue weighted by molar-refractivity contribution is -0.0770. The molecule has 3 aromatic carbocycles. The maximum atomic E-state index is 12.7. The lowest BCUT2D eigenvalue weighted by atomic mass is 9.88. The molecular weight excluding hydrogens is 612 g/mol. The molecule has 3 atom stereocenters. The Labute approximate surface area is 283 Å². The van der Waals surface area contributed by atoms with E-state index in [0.717, 1.165) is 0 Å². The Hall–Kier alpha value is -4.65. The second kappa shape index (κ2) is 18.6. The summed E-state index contributed by atoms with van der Waals surface area (Å²) in [7, 11) is 0. The maximum absolute atomic E-state index is 12.7. The summed E-state index contributed by atoms with van der Waals surface area (Å²) in [6, 6.07) is 19.8. The molecule has 0 aliphatic rings. The van der Waals surface area contributed by atoms with Crippen LogP contribution in [-0.2, 0) is 14.2 Å². The SMILES string of the molecule is CCC(COCC(C)NC(=O)c1ccccc1N)(COCC(C)NC(=O)c1ccccc1N)COCC(C)NC(=O)c1ccccc1N. The number of hydrogen-bond donors (Lipinski definition) is 6. The van der Waals surface area contributed by atoms with Crippen molar-refractivity contribution in [3.8, 4) is 0 Å². The Morgan fingerprint density at radius 3 is 1.08 bits per heavy atom. The van der Waals surface area contributed by atoms with Gasteiger partial charge >= 0.3 is 0 Å². The number of anilines is 3. The normalized spacial score (nSPS) is 14.2. The Morgan fingerprint density at radius 2 is 0.833 bits per heavy atom. The second-order valence-electron chi connectivity index (χ2n) is 12.3. The number of carbonyl (C=O) groups excluding carboxylic acids is 3. The molecule has 3 unspecified atom stereocenters. The minimum atomic E-state index is -0.561. The minimum absolute atomic E-state index is 0.246. The predicted molar refractivity (Wildman–Crippen MR) is 189 cm³/mol. The molecule has 0 bridgehead atoms. The van der Waals surface area contributed by atoms with Crippen LogP contribution in [0.1, 0.15) is 65.2 Å². The largest absolute Gasteiger partial charge is 0.398 e. The van der Waals surface area contributed by atoms with E-state index in [0.29, 0.717) is 40.2 Å². The van der Waals surface area contributed by atoms with Crippen LogP contribution in [0.5, 0.6) is 0 Å². The van der Waals surface area contributed by atoms with Crippen LogP contribution in [0, 0.1) is 5.41 Å². The van der Waals surface area contributed by atoms with Crippen molar-refractivity contribution in [3.63, 3.8) is 0 Å². The summed E-state index contributed by atoms with van der Waals surface area (Å²) < 4.78 is 18.4. The third kappa shape index (κ3) is 11.5. The highest BCUT2D eigenvalue weighted by Gasteiger charge is 2.31. The van der Waals surface area contributed by atoms with Crippen molar-refractivity contribution >= 4 is 34.8 Å². The molecule has 0 spiro atoms. The van der Waals surface area contributed by atoms with Crippen LogP contribution < -0.4 is 33.2 Å². The van der Waals surface area contributed by atoms with Gasteiger partial charge in [0.05, 0.1) is 56.3 Å². The van der Waals surface area contributed by atoms with Crippen molar-refractivity contribution in [2.24, 2.45) is 5.41 Å². The van der Waals surface area contributed by atoms with E-state index in [1.807, 2.05) is 27.7 Å². The van der Waals surface area contributed by atoms with Crippen molar-refractivity contribution in [2.45, 2.75) is 52.2 Å². The van der Waals surface area contributed by atoms with Gasteiger partial charge in [-0.05, 0) is 63.6 Å². The Balaban J connectivity index is 1.58. The summed E-state index contributed by atoms with van der Waals surface area (Å²) in [6.45, 7) is 9.15. The molecular formula is C36H50N6O6. The summed E-state index contributed by atoms with van der Waals surface area (Å²) >= 11 is 0. The summed E-state index contributed by atoms with van der Waals surface area (Å²) in [5, 5.41) is 8.77. The molecule has 3 aromatic rings. The maximum Gasteiger partial charge on any atom is 0.253 e. The van der Waals surface area contributed by atoms with Gasteiger partial charge in [0, 0.05) is 40.6 Å². The fraction of sp³-hybridized carbons (Fsp3) is 0.417. The van der Waals surface area contributed by atoms with Crippen molar-refractivity contribution in [1.29, 1.82) is 0 Å². The zero-order chi connectivity index (χ0) is 35.1. The molecule has 260 valence electrons. The van der Waals surface area contributed by atoms with Gasteiger partial charge < -0.3 is 47.4 Å². The van der Waals surface area contributed by atoms with Crippen LogP contribution in [0.3, 0.4) is 0 Å². The van der Waals surface area contributed by atoms with E-state index in [-0.39, 0.29) is 75.5 Å². The Morgan fingerprint density at radius 1 is 0.562 bits per heavy atom. The monoisotopic (exact) mass is 662 g/mol. The van der Waals surface area contributed by atoms with Gasteiger partial charge in [0.1, 0.15) is 0 Å². The molecule has 0 aliphatic carbocycles. The molecule has 48 heavy (non-hydrogen) atoms. The number of nitrogens with one attached hydrogen (secondary N) is 3. The number of nitrogen functional groups attached to an aromatic ring is 3. The average Bonchev–Trinajstić information content (AvgIpc) is 3.04. The highest BCUT2D eigenvalue weighted by Crippen LogP contribution is 2.25. The number of nitrogens with two attached hydrogens (primary N) is 3. The second-order valence-corrected chi connectivity index (χ2v) is 12.3. The topological polar surface area (TPSA) is 193 Å². The number of hydrogen-bond acceptors (Lipinski definition) is 9. The summed E-state index contributed by atoms with van der Waals surface area (Å²) in [4.78, 5) is 38.1. The number of benzene rings is 3. The highest BCUT2D eigenvalue weighted by atomic mass is 16.5. The molecule has 0 aliphatic heterocycles. The van der Waals surface area contributed by atoms with Gasteiger partial charge in [0.25, 0.3) is 17.7 Å². The van der Waals surface area contributed by atoms with Crippen LogP contribution in [-0.4, -0.2) is 75.5 Å². The summed E-state index contributed by atoms with van der Waals surface area (Å²) in [6.07, 6.45) is 0.650. The van der Waals surface area contributed by atoms with Crippen molar-refractivity contribution < 1.29 is 28.6 Å². The first-order valence-corrected chi connectivity index (χ1v) is 16.1. The molecule has 0 aromatic heterocycles. The van der Waals surface area contributed by atoms with Crippen LogP contribution in [0.15, 0.2) is 72.8 Å². The van der Waals surface area contributed by atoms with E-state index in [1.54, 1.807) is 72.8 Å². The number of ether oxygens (including phenoxy) is 3. The van der Waals surface area contributed by atoms with Gasteiger partial charge in [-0.3, -0.25) is 14.4 Å². The van der Waals surface area contributed by atoms with Crippen molar-refractivity contribution in [3.05, 3.63) is 89.5 Å². The molecule has 12 nitrogen and oxygen atoms in total. The van der Waals surface area contributed by atoms with E-state index < -0.39 is 5.41 Å². The lowest BCUT2D eigenvalue weighted by Crippen LogP contribution is -2.43. The van der Waals surface area contributed by atoms with E-state index in [4.69, 9.17) is 31.4 Å². The van der Waals surface area contributed by atoms with E-state index in [9.17, 15) is 14.4 Å². The smallest absolute Gasteiger partial charge is 0.253 e. The van der Waals surface area contributed by atoms with Crippen molar-refractivity contribution in [1.82, 2.24) is 16.0 Å². The predicted octanol–water partition coefficient (Wildman–Crippen LogP) is 3.63. The average molecular weight is 663 g/mol. The van der Waals surface area contributed by atoms with E-state index in [2.05, 4.69) is 16.0 Å². The first kappa shape index (κ1) is 37.8. The zero-order valence-corrected chi connectivity index (χ0v) is 28.3. The zero-order valence-electron chi connectivity index (χ0n) is 28.3. The highest BCUT2D eigenvalue weighted by molar-refractivity contribution is 6.00. The molecule has 12 heteroatoms. The standard InChI is InChI=1S/C36H50N6O6/c1-5-36(21-46-18-24(2)40-33(43)27-12-6-9-15-30(27)37,22-47-19-25(3)41-34(44)28-13-7-10-16-31(28)38)23-48-20-26(4)42-35(45)29-14-8-11-17-32(29)39/h6-17,24-26H,5,18-23,37-39H2,1-4H3,(H,40,43)(H,41,44)(H,42,45). The number of carbonyl (C=O) groups is 3. The molecule has 0 saturated heterocycles. The summed E-state index contributed by atoms with van der Waals surface area (Å²) in [5.41, 5.74) is 19.7. The van der Waals surface area contributed by atoms with Gasteiger partial charge in [-0.25, -0.2) is 0 Å². The number of amides is 3. The molecule has 9 N–H and O–H groups in total. The summed E-state index contributed by atoms with van der Waals surface area (Å²) in [5.74, 6) is -0.836. The van der Waals surface area contributed by atoms with Gasteiger partial charge in [-0.15, -0.1) is 0 Å². The third-order valence-electron chi connectivity index (χ3n) is 7.83. The fourth-order valence-corrected chi connectivity index (χ4v) is 4.93. The lowest BCUT2D eigenvalue weighted by Gasteiger charge is -2.33. The molecule has 3 rings (SSSR count). The molecule has 0 fully saturated rings. The first-order valence-electron chi connectivity index (χ1n) is 16.1.